The highest BCUT2D eigenvalue weighted by atomic mass is 16.5. The molecule has 0 heterocycles. The summed E-state index contributed by atoms with van der Waals surface area (Å²) in [7, 11) is 0. The van der Waals surface area contributed by atoms with Crippen molar-refractivity contribution in [1.82, 2.24) is 0 Å². The topological polar surface area (TPSA) is 70.3 Å². The maximum atomic E-state index is 10.7. The SMILES string of the molecule is CC[C@H](C)COc1ccc(C(=O)O)cc1C#N. The molecule has 0 aliphatic heterocycles. The molecule has 0 bridgehead atoms. The van der Waals surface area contributed by atoms with E-state index in [9.17, 15) is 4.79 Å². The molecular formula is C13H15NO3. The first-order chi connectivity index (χ1) is 8.08. The summed E-state index contributed by atoms with van der Waals surface area (Å²) < 4.78 is 5.50. The Balaban J connectivity index is 2.87. The number of benzene rings is 1. The number of hydrogen-bond acceptors (Lipinski definition) is 3. The molecular weight excluding hydrogens is 218 g/mol. The summed E-state index contributed by atoms with van der Waals surface area (Å²) in [6, 6.07) is 6.24. The number of rotatable bonds is 5. The van der Waals surface area contributed by atoms with Crippen molar-refractivity contribution < 1.29 is 14.6 Å². The molecule has 0 amide bonds. The van der Waals surface area contributed by atoms with Crippen LogP contribution in [0.2, 0.25) is 0 Å². The summed E-state index contributed by atoms with van der Waals surface area (Å²) >= 11 is 0. The maximum Gasteiger partial charge on any atom is 0.335 e. The number of hydrogen-bond donors (Lipinski definition) is 1. The van der Waals surface area contributed by atoms with Gasteiger partial charge in [0.2, 0.25) is 0 Å². The van der Waals surface area contributed by atoms with Crippen molar-refractivity contribution in [3.8, 4) is 11.8 Å². The lowest BCUT2D eigenvalue weighted by atomic mass is 10.1. The van der Waals surface area contributed by atoms with Crippen molar-refractivity contribution in [3.63, 3.8) is 0 Å². The molecule has 1 aromatic rings. The Bertz CT molecular complexity index is 448. The Kier molecular flexibility index (Phi) is 4.53. The van der Waals surface area contributed by atoms with Crippen LogP contribution in [0.5, 0.6) is 5.75 Å². The van der Waals surface area contributed by atoms with Gasteiger partial charge in [-0.2, -0.15) is 5.26 Å². The number of carboxylic acids is 1. The van der Waals surface area contributed by atoms with Crippen LogP contribution in [-0.4, -0.2) is 17.7 Å². The van der Waals surface area contributed by atoms with E-state index < -0.39 is 5.97 Å². The highest BCUT2D eigenvalue weighted by molar-refractivity contribution is 5.88. The van der Waals surface area contributed by atoms with Crippen molar-refractivity contribution in [2.45, 2.75) is 20.3 Å². The van der Waals surface area contributed by atoms with Crippen LogP contribution in [0.1, 0.15) is 36.2 Å². The van der Waals surface area contributed by atoms with Gasteiger partial charge in [-0.15, -0.1) is 0 Å². The Morgan fingerprint density at radius 2 is 2.29 bits per heavy atom. The van der Waals surface area contributed by atoms with E-state index in [1.807, 2.05) is 6.07 Å². The molecule has 0 unspecified atom stereocenters. The van der Waals surface area contributed by atoms with E-state index in [1.165, 1.54) is 18.2 Å². The third kappa shape index (κ3) is 3.49. The second kappa shape index (κ2) is 5.90. The van der Waals surface area contributed by atoms with Gasteiger partial charge in [-0.1, -0.05) is 20.3 Å². The minimum absolute atomic E-state index is 0.0949. The van der Waals surface area contributed by atoms with Gasteiger partial charge in [0, 0.05) is 0 Å². The van der Waals surface area contributed by atoms with E-state index in [1.54, 1.807) is 0 Å². The fourth-order valence-corrected chi connectivity index (χ4v) is 1.23. The van der Waals surface area contributed by atoms with Crippen LogP contribution in [0.25, 0.3) is 0 Å². The molecule has 4 nitrogen and oxygen atoms in total. The zero-order valence-electron chi connectivity index (χ0n) is 9.93. The lowest BCUT2D eigenvalue weighted by Gasteiger charge is -2.12. The average Bonchev–Trinajstić information content (AvgIpc) is 2.35. The summed E-state index contributed by atoms with van der Waals surface area (Å²) in [5.74, 6) is -0.200. The van der Waals surface area contributed by atoms with Crippen molar-refractivity contribution in [3.05, 3.63) is 29.3 Å². The lowest BCUT2D eigenvalue weighted by molar-refractivity contribution is 0.0697. The summed E-state index contributed by atoms with van der Waals surface area (Å²) in [6.45, 7) is 4.64. The molecule has 0 fully saturated rings. The molecule has 90 valence electrons. The largest absolute Gasteiger partial charge is 0.492 e. The molecule has 0 aliphatic carbocycles. The van der Waals surface area contributed by atoms with Gasteiger partial charge in [0.15, 0.2) is 0 Å². The Labute approximate surface area is 100 Å². The number of aromatic carboxylic acids is 1. The van der Waals surface area contributed by atoms with Crippen molar-refractivity contribution in [2.24, 2.45) is 5.92 Å². The first-order valence-electron chi connectivity index (χ1n) is 5.48. The van der Waals surface area contributed by atoms with Crippen molar-refractivity contribution >= 4 is 5.97 Å². The molecule has 1 aromatic carbocycles. The Hall–Kier alpha value is -2.02. The lowest BCUT2D eigenvalue weighted by Crippen LogP contribution is -2.08. The minimum Gasteiger partial charge on any atom is -0.492 e. The van der Waals surface area contributed by atoms with E-state index in [0.717, 1.165) is 6.42 Å². The molecule has 1 rings (SSSR count). The predicted molar refractivity (Wildman–Crippen MR) is 63.1 cm³/mol. The first kappa shape index (κ1) is 13.0. The van der Waals surface area contributed by atoms with Crippen LogP contribution in [0.4, 0.5) is 0 Å². The normalized spacial score (nSPS) is 11.6. The Morgan fingerprint density at radius 3 is 2.82 bits per heavy atom. The number of nitriles is 1. The van der Waals surface area contributed by atoms with E-state index in [0.29, 0.717) is 18.3 Å². The van der Waals surface area contributed by atoms with E-state index >= 15 is 0 Å². The Morgan fingerprint density at radius 1 is 1.59 bits per heavy atom. The van der Waals surface area contributed by atoms with Crippen molar-refractivity contribution in [1.29, 1.82) is 5.26 Å². The van der Waals surface area contributed by atoms with Crippen LogP contribution >= 0.6 is 0 Å². The fraction of sp³-hybridized carbons (Fsp3) is 0.385. The van der Waals surface area contributed by atoms with Gasteiger partial charge in [-0.05, 0) is 24.1 Å². The predicted octanol–water partition coefficient (Wildman–Crippen LogP) is 2.68. The number of carbonyl (C=O) groups is 1. The fourth-order valence-electron chi connectivity index (χ4n) is 1.23. The van der Waals surface area contributed by atoms with Gasteiger partial charge < -0.3 is 9.84 Å². The van der Waals surface area contributed by atoms with Gasteiger partial charge >= 0.3 is 5.97 Å². The van der Waals surface area contributed by atoms with Gasteiger partial charge in [0.1, 0.15) is 11.8 Å². The number of carboxylic acid groups (broad SMARTS) is 1. The maximum absolute atomic E-state index is 10.7. The van der Waals surface area contributed by atoms with Gasteiger partial charge in [-0.25, -0.2) is 4.79 Å². The standard InChI is InChI=1S/C13H15NO3/c1-3-9(2)8-17-12-5-4-10(13(15)16)6-11(12)7-14/h4-6,9H,3,8H2,1-2H3,(H,15,16)/t9-/m0/s1. The monoisotopic (exact) mass is 233 g/mol. The third-order valence-corrected chi connectivity index (χ3v) is 2.57. The molecule has 1 atom stereocenters. The second-order valence-electron chi connectivity index (χ2n) is 3.95. The molecule has 0 aliphatic rings. The molecule has 4 heteroatoms. The van der Waals surface area contributed by atoms with Gasteiger partial charge in [0.05, 0.1) is 17.7 Å². The molecule has 0 saturated carbocycles. The average molecular weight is 233 g/mol. The smallest absolute Gasteiger partial charge is 0.335 e. The zero-order valence-corrected chi connectivity index (χ0v) is 9.93. The summed E-state index contributed by atoms with van der Waals surface area (Å²) in [5.41, 5.74) is 0.352. The van der Waals surface area contributed by atoms with Crippen LogP contribution in [-0.2, 0) is 0 Å². The highest BCUT2D eigenvalue weighted by Gasteiger charge is 2.10. The highest BCUT2D eigenvalue weighted by Crippen LogP contribution is 2.20. The molecule has 0 aromatic heterocycles. The van der Waals surface area contributed by atoms with Crippen molar-refractivity contribution in [2.75, 3.05) is 6.61 Å². The molecule has 0 spiro atoms. The van der Waals surface area contributed by atoms with Crippen LogP contribution < -0.4 is 4.74 Å². The molecule has 17 heavy (non-hydrogen) atoms. The number of nitrogens with zero attached hydrogens (tertiary/aromatic N) is 1. The molecule has 1 N–H and O–H groups in total. The third-order valence-electron chi connectivity index (χ3n) is 2.57. The molecule has 0 radical (unpaired) electrons. The van der Waals surface area contributed by atoms with E-state index in [-0.39, 0.29) is 11.1 Å². The van der Waals surface area contributed by atoms with Crippen LogP contribution in [0, 0.1) is 17.2 Å². The summed E-state index contributed by atoms with van der Waals surface area (Å²) in [5, 5.41) is 17.7. The van der Waals surface area contributed by atoms with Crippen LogP contribution in [0.3, 0.4) is 0 Å². The minimum atomic E-state index is -1.05. The quantitative estimate of drug-likeness (QED) is 0.848. The van der Waals surface area contributed by atoms with E-state index in [2.05, 4.69) is 13.8 Å². The summed E-state index contributed by atoms with van der Waals surface area (Å²) in [4.78, 5) is 10.7. The molecule has 0 saturated heterocycles. The number of ether oxygens (including phenoxy) is 1. The first-order valence-corrected chi connectivity index (χ1v) is 5.48. The van der Waals surface area contributed by atoms with Crippen LogP contribution in [0.15, 0.2) is 18.2 Å². The van der Waals surface area contributed by atoms with Gasteiger partial charge in [-0.3, -0.25) is 0 Å². The summed E-state index contributed by atoms with van der Waals surface area (Å²) in [6.07, 6.45) is 0.995. The van der Waals surface area contributed by atoms with E-state index in [4.69, 9.17) is 15.1 Å². The van der Waals surface area contributed by atoms with Gasteiger partial charge in [0.25, 0.3) is 0 Å². The zero-order chi connectivity index (χ0) is 12.8. The second-order valence-corrected chi connectivity index (χ2v) is 3.95.